The number of aromatic nitrogens is 6. The third-order valence-corrected chi connectivity index (χ3v) is 3.56. The zero-order chi connectivity index (χ0) is 18.5. The molecule has 0 saturated carbocycles. The molecule has 134 valence electrons. The van der Waals surface area contributed by atoms with Crippen LogP contribution in [0.2, 0.25) is 0 Å². The van der Waals surface area contributed by atoms with Crippen LogP contribution in [0.15, 0.2) is 30.7 Å². The molecule has 0 bridgehead atoms. The Morgan fingerprint density at radius 2 is 1.96 bits per heavy atom. The predicted molar refractivity (Wildman–Crippen MR) is 96.2 cm³/mol. The van der Waals surface area contributed by atoms with Gasteiger partial charge in [0.05, 0.1) is 11.9 Å². The Kier molecular flexibility index (Phi) is 5.16. The van der Waals surface area contributed by atoms with Crippen molar-refractivity contribution in [3.63, 3.8) is 0 Å². The van der Waals surface area contributed by atoms with E-state index in [-0.39, 0.29) is 11.6 Å². The lowest BCUT2D eigenvalue weighted by Gasteiger charge is -2.10. The van der Waals surface area contributed by atoms with Crippen LogP contribution in [-0.2, 0) is 0 Å². The molecular formula is C17H20N8O. The Balaban J connectivity index is 1.60. The maximum Gasteiger partial charge on any atom is 0.271 e. The molecule has 3 aromatic heterocycles. The fourth-order valence-electron chi connectivity index (χ4n) is 2.49. The quantitative estimate of drug-likeness (QED) is 0.642. The first-order chi connectivity index (χ1) is 12.5. The number of carbonyl (C=O) groups is 1. The molecule has 1 amide bonds. The summed E-state index contributed by atoms with van der Waals surface area (Å²) in [6.07, 6.45) is 4.44. The molecule has 0 atom stereocenters. The van der Waals surface area contributed by atoms with Gasteiger partial charge in [-0.3, -0.25) is 9.78 Å². The summed E-state index contributed by atoms with van der Waals surface area (Å²) in [4.78, 5) is 28.6. The van der Waals surface area contributed by atoms with Gasteiger partial charge in [0.15, 0.2) is 5.82 Å². The van der Waals surface area contributed by atoms with Gasteiger partial charge in [-0.05, 0) is 26.8 Å². The van der Waals surface area contributed by atoms with Gasteiger partial charge in [0, 0.05) is 37.2 Å². The lowest BCUT2D eigenvalue weighted by Crippen LogP contribution is -2.29. The van der Waals surface area contributed by atoms with Crippen LogP contribution >= 0.6 is 0 Å². The SMILES string of the molecule is Cc1cc(C)n(-c2cc(NCCNC(=O)c3cnccn3)nc(C)n2)n1. The molecule has 0 aromatic carbocycles. The predicted octanol–water partition coefficient (Wildman–Crippen LogP) is 1.22. The van der Waals surface area contributed by atoms with Crippen LogP contribution in [0, 0.1) is 20.8 Å². The highest BCUT2D eigenvalue weighted by atomic mass is 16.1. The second-order valence-electron chi connectivity index (χ2n) is 5.77. The second-order valence-corrected chi connectivity index (χ2v) is 5.77. The van der Waals surface area contributed by atoms with E-state index in [1.54, 1.807) is 4.68 Å². The van der Waals surface area contributed by atoms with Crippen molar-refractivity contribution in [3.05, 3.63) is 53.6 Å². The summed E-state index contributed by atoms with van der Waals surface area (Å²) in [6.45, 7) is 6.69. The van der Waals surface area contributed by atoms with Crippen molar-refractivity contribution in [1.29, 1.82) is 0 Å². The van der Waals surface area contributed by atoms with Gasteiger partial charge in [0.2, 0.25) is 0 Å². The largest absolute Gasteiger partial charge is 0.368 e. The molecule has 0 spiro atoms. The second kappa shape index (κ2) is 7.68. The maximum atomic E-state index is 11.9. The molecular weight excluding hydrogens is 332 g/mol. The van der Waals surface area contributed by atoms with E-state index in [1.807, 2.05) is 32.9 Å². The molecule has 3 heterocycles. The van der Waals surface area contributed by atoms with E-state index in [4.69, 9.17) is 0 Å². The molecule has 0 radical (unpaired) electrons. The van der Waals surface area contributed by atoms with Gasteiger partial charge in [-0.2, -0.15) is 5.10 Å². The topological polar surface area (TPSA) is 111 Å². The minimum atomic E-state index is -0.262. The number of nitrogens with zero attached hydrogens (tertiary/aromatic N) is 6. The first kappa shape index (κ1) is 17.5. The summed E-state index contributed by atoms with van der Waals surface area (Å²) in [6, 6.07) is 3.82. The van der Waals surface area contributed by atoms with E-state index in [2.05, 4.69) is 35.7 Å². The van der Waals surface area contributed by atoms with Crippen LogP contribution in [0.1, 0.15) is 27.7 Å². The third-order valence-electron chi connectivity index (χ3n) is 3.56. The Bertz CT molecular complexity index is 906. The number of aryl methyl sites for hydroxylation is 3. The standard InChI is InChI=1S/C17H20N8O/c1-11-8-12(2)25(24-11)16-9-15(22-13(3)23-16)20-6-7-21-17(26)14-10-18-4-5-19-14/h4-5,8-10H,6-7H2,1-3H3,(H,21,26)(H,20,22,23). The average molecular weight is 352 g/mol. The molecule has 0 saturated heterocycles. The third kappa shape index (κ3) is 4.18. The van der Waals surface area contributed by atoms with Crippen LogP contribution in [-0.4, -0.2) is 48.7 Å². The molecule has 3 aromatic rings. The fourth-order valence-corrected chi connectivity index (χ4v) is 2.49. The van der Waals surface area contributed by atoms with Gasteiger partial charge in [-0.15, -0.1) is 0 Å². The average Bonchev–Trinajstić information content (AvgIpc) is 2.97. The van der Waals surface area contributed by atoms with E-state index in [0.717, 1.165) is 11.4 Å². The first-order valence-electron chi connectivity index (χ1n) is 8.20. The van der Waals surface area contributed by atoms with Crippen LogP contribution in [0.4, 0.5) is 5.82 Å². The number of rotatable bonds is 6. The molecule has 0 aliphatic heterocycles. The van der Waals surface area contributed by atoms with Gasteiger partial charge >= 0.3 is 0 Å². The summed E-state index contributed by atoms with van der Waals surface area (Å²) in [5.74, 6) is 1.76. The van der Waals surface area contributed by atoms with Crippen molar-refractivity contribution >= 4 is 11.7 Å². The number of nitrogens with one attached hydrogen (secondary N) is 2. The van der Waals surface area contributed by atoms with Gasteiger partial charge in [0.25, 0.3) is 5.91 Å². The lowest BCUT2D eigenvalue weighted by molar-refractivity contribution is 0.0950. The van der Waals surface area contributed by atoms with Crippen molar-refractivity contribution in [1.82, 2.24) is 35.0 Å². The van der Waals surface area contributed by atoms with Crippen molar-refractivity contribution in [2.75, 3.05) is 18.4 Å². The summed E-state index contributed by atoms with van der Waals surface area (Å²) in [5.41, 5.74) is 2.22. The van der Waals surface area contributed by atoms with Crippen molar-refractivity contribution in [2.24, 2.45) is 0 Å². The summed E-state index contributed by atoms with van der Waals surface area (Å²) in [7, 11) is 0. The Hall–Kier alpha value is -3.36. The summed E-state index contributed by atoms with van der Waals surface area (Å²) >= 11 is 0. The van der Waals surface area contributed by atoms with Crippen molar-refractivity contribution < 1.29 is 4.79 Å². The minimum absolute atomic E-state index is 0.262. The number of hydrogen-bond acceptors (Lipinski definition) is 7. The van der Waals surface area contributed by atoms with Gasteiger partial charge in [0.1, 0.15) is 17.3 Å². The Morgan fingerprint density at radius 3 is 2.65 bits per heavy atom. The zero-order valence-electron chi connectivity index (χ0n) is 14.9. The highest BCUT2D eigenvalue weighted by molar-refractivity contribution is 5.91. The molecule has 0 aliphatic rings. The molecule has 26 heavy (non-hydrogen) atoms. The van der Waals surface area contributed by atoms with E-state index in [0.29, 0.717) is 30.5 Å². The molecule has 9 heteroatoms. The molecule has 3 rings (SSSR count). The number of amides is 1. The molecule has 2 N–H and O–H groups in total. The Morgan fingerprint density at radius 1 is 1.12 bits per heavy atom. The summed E-state index contributed by atoms with van der Waals surface area (Å²) in [5, 5.41) is 10.4. The number of carbonyl (C=O) groups excluding carboxylic acids is 1. The Labute approximate surface area is 150 Å². The van der Waals surface area contributed by atoms with Gasteiger partial charge < -0.3 is 10.6 Å². The fraction of sp³-hybridized carbons (Fsp3) is 0.294. The van der Waals surface area contributed by atoms with Crippen molar-refractivity contribution in [3.8, 4) is 5.82 Å². The minimum Gasteiger partial charge on any atom is -0.368 e. The van der Waals surface area contributed by atoms with Crippen LogP contribution < -0.4 is 10.6 Å². The van der Waals surface area contributed by atoms with Crippen LogP contribution in [0.25, 0.3) is 5.82 Å². The normalized spacial score (nSPS) is 10.6. The molecule has 0 aliphatic carbocycles. The highest BCUT2D eigenvalue weighted by Crippen LogP contribution is 2.13. The highest BCUT2D eigenvalue weighted by Gasteiger charge is 2.09. The number of hydrogen-bond donors (Lipinski definition) is 2. The monoisotopic (exact) mass is 352 g/mol. The number of anilines is 1. The zero-order valence-corrected chi connectivity index (χ0v) is 14.9. The molecule has 0 unspecified atom stereocenters. The van der Waals surface area contributed by atoms with Crippen LogP contribution in [0.3, 0.4) is 0 Å². The van der Waals surface area contributed by atoms with Gasteiger partial charge in [-0.1, -0.05) is 0 Å². The van der Waals surface area contributed by atoms with E-state index in [1.165, 1.54) is 18.6 Å². The van der Waals surface area contributed by atoms with Crippen molar-refractivity contribution in [2.45, 2.75) is 20.8 Å². The maximum absolute atomic E-state index is 11.9. The van der Waals surface area contributed by atoms with E-state index in [9.17, 15) is 4.79 Å². The summed E-state index contributed by atoms with van der Waals surface area (Å²) < 4.78 is 1.78. The lowest BCUT2D eigenvalue weighted by atomic mass is 10.4. The van der Waals surface area contributed by atoms with Gasteiger partial charge in [-0.25, -0.2) is 19.6 Å². The molecule has 0 fully saturated rings. The van der Waals surface area contributed by atoms with E-state index < -0.39 is 0 Å². The smallest absolute Gasteiger partial charge is 0.271 e. The molecule has 9 nitrogen and oxygen atoms in total. The van der Waals surface area contributed by atoms with Crippen LogP contribution in [0.5, 0.6) is 0 Å². The van der Waals surface area contributed by atoms with E-state index >= 15 is 0 Å². The first-order valence-corrected chi connectivity index (χ1v) is 8.20.